The number of nitrogens with zero attached hydrogens (tertiary/aromatic N) is 1. The molecule has 0 aliphatic carbocycles. The third-order valence-electron chi connectivity index (χ3n) is 3.97. The molecule has 5 heteroatoms. The van der Waals surface area contributed by atoms with Gasteiger partial charge in [-0.3, -0.25) is 4.90 Å². The minimum absolute atomic E-state index is 0.145. The van der Waals surface area contributed by atoms with E-state index in [0.29, 0.717) is 6.04 Å². The first-order valence-corrected chi connectivity index (χ1v) is 7.71. The van der Waals surface area contributed by atoms with Crippen molar-refractivity contribution in [3.05, 3.63) is 22.2 Å². The average molecular weight is 343 g/mol. The smallest absolute Gasteiger partial charge is 0.161 e. The Kier molecular flexibility index (Phi) is 4.94. The first-order chi connectivity index (χ1) is 9.49. The quantitative estimate of drug-likeness (QED) is 0.913. The molecule has 0 amide bonds. The zero-order chi connectivity index (χ0) is 14.9. The zero-order valence-electron chi connectivity index (χ0n) is 12.5. The third kappa shape index (κ3) is 2.80. The average Bonchev–Trinajstić information content (AvgIpc) is 2.80. The molecule has 1 aromatic rings. The normalized spacial score (nSPS) is 23.4. The molecular weight excluding hydrogens is 320 g/mol. The topological polar surface area (TPSA) is 47.7 Å². The predicted octanol–water partition coefficient (Wildman–Crippen LogP) is 2.95. The number of halogens is 1. The van der Waals surface area contributed by atoms with E-state index in [9.17, 15) is 0 Å². The first-order valence-electron chi connectivity index (χ1n) is 6.92. The lowest BCUT2D eigenvalue weighted by atomic mass is 9.99. The molecule has 1 aliphatic rings. The zero-order valence-corrected chi connectivity index (χ0v) is 14.1. The van der Waals surface area contributed by atoms with Crippen LogP contribution in [0.3, 0.4) is 0 Å². The molecule has 1 fully saturated rings. The monoisotopic (exact) mass is 342 g/mol. The highest BCUT2D eigenvalue weighted by Crippen LogP contribution is 2.41. The Morgan fingerprint density at radius 1 is 1.25 bits per heavy atom. The summed E-state index contributed by atoms with van der Waals surface area (Å²) >= 11 is 3.65. The second-order valence-corrected chi connectivity index (χ2v) is 6.31. The van der Waals surface area contributed by atoms with Crippen molar-refractivity contribution in [3.8, 4) is 11.5 Å². The van der Waals surface area contributed by atoms with Crippen LogP contribution in [-0.4, -0.2) is 37.7 Å². The van der Waals surface area contributed by atoms with Gasteiger partial charge < -0.3 is 15.2 Å². The molecule has 4 nitrogen and oxygen atoms in total. The summed E-state index contributed by atoms with van der Waals surface area (Å²) in [6.45, 7) is 5.45. The molecule has 0 spiro atoms. The Bertz CT molecular complexity index is 479. The van der Waals surface area contributed by atoms with Crippen LogP contribution in [0.1, 0.15) is 31.9 Å². The lowest BCUT2D eigenvalue weighted by Crippen LogP contribution is -2.36. The van der Waals surface area contributed by atoms with Gasteiger partial charge in [-0.2, -0.15) is 0 Å². The van der Waals surface area contributed by atoms with E-state index in [0.717, 1.165) is 28.9 Å². The Hall–Kier alpha value is -0.780. The fourth-order valence-corrected chi connectivity index (χ4v) is 3.48. The molecule has 0 aromatic heterocycles. The van der Waals surface area contributed by atoms with Crippen molar-refractivity contribution in [2.24, 2.45) is 5.73 Å². The van der Waals surface area contributed by atoms with Gasteiger partial charge in [-0.05, 0) is 38.0 Å². The number of likely N-dealkylation sites (tertiary alicyclic amines) is 1. The van der Waals surface area contributed by atoms with E-state index in [1.807, 2.05) is 12.1 Å². The van der Waals surface area contributed by atoms with Crippen LogP contribution in [-0.2, 0) is 0 Å². The van der Waals surface area contributed by atoms with Crippen LogP contribution in [0.5, 0.6) is 11.5 Å². The van der Waals surface area contributed by atoms with E-state index in [4.69, 9.17) is 15.2 Å². The van der Waals surface area contributed by atoms with Gasteiger partial charge in [-0.25, -0.2) is 0 Å². The maximum atomic E-state index is 6.34. The highest BCUT2D eigenvalue weighted by atomic mass is 79.9. The van der Waals surface area contributed by atoms with Crippen LogP contribution in [0.15, 0.2) is 16.6 Å². The van der Waals surface area contributed by atoms with Crippen molar-refractivity contribution in [1.29, 1.82) is 0 Å². The van der Waals surface area contributed by atoms with E-state index < -0.39 is 0 Å². The maximum Gasteiger partial charge on any atom is 0.161 e. The number of ether oxygens (including phenoxy) is 2. The second-order valence-electron chi connectivity index (χ2n) is 5.46. The molecule has 2 unspecified atom stereocenters. The summed E-state index contributed by atoms with van der Waals surface area (Å²) in [7, 11) is 3.30. The molecule has 1 saturated heterocycles. The van der Waals surface area contributed by atoms with Crippen molar-refractivity contribution in [1.82, 2.24) is 4.90 Å². The summed E-state index contributed by atoms with van der Waals surface area (Å²) in [6, 6.07) is 4.82. The molecule has 112 valence electrons. The minimum atomic E-state index is 0.145. The van der Waals surface area contributed by atoms with E-state index in [-0.39, 0.29) is 12.1 Å². The fraction of sp³-hybridized carbons (Fsp3) is 0.600. The summed E-state index contributed by atoms with van der Waals surface area (Å²) in [5.74, 6) is 1.47. The van der Waals surface area contributed by atoms with Crippen LogP contribution >= 0.6 is 15.9 Å². The molecular formula is C15H23BrN2O2. The Morgan fingerprint density at radius 3 is 2.40 bits per heavy atom. The number of nitrogens with two attached hydrogens (primary N) is 1. The highest BCUT2D eigenvalue weighted by Gasteiger charge is 2.36. The minimum Gasteiger partial charge on any atom is -0.493 e. The van der Waals surface area contributed by atoms with E-state index in [2.05, 4.69) is 34.7 Å². The number of benzene rings is 1. The highest BCUT2D eigenvalue weighted by molar-refractivity contribution is 9.10. The Labute approximate surface area is 129 Å². The van der Waals surface area contributed by atoms with Gasteiger partial charge in [0.2, 0.25) is 0 Å². The second kappa shape index (κ2) is 6.33. The molecule has 0 bridgehead atoms. The van der Waals surface area contributed by atoms with Gasteiger partial charge in [0.1, 0.15) is 0 Å². The van der Waals surface area contributed by atoms with E-state index >= 15 is 0 Å². The van der Waals surface area contributed by atoms with Crippen molar-refractivity contribution in [2.45, 2.75) is 38.4 Å². The Balaban J connectivity index is 2.45. The van der Waals surface area contributed by atoms with Gasteiger partial charge in [0, 0.05) is 23.1 Å². The summed E-state index contributed by atoms with van der Waals surface area (Å²) in [5.41, 5.74) is 7.50. The van der Waals surface area contributed by atoms with Crippen LogP contribution in [0.25, 0.3) is 0 Å². The van der Waals surface area contributed by atoms with Crippen molar-refractivity contribution in [2.75, 3.05) is 20.8 Å². The molecule has 2 rings (SSSR count). The number of rotatable bonds is 4. The molecule has 0 saturated carbocycles. The van der Waals surface area contributed by atoms with Crippen LogP contribution < -0.4 is 15.2 Å². The summed E-state index contributed by atoms with van der Waals surface area (Å²) < 4.78 is 11.8. The lowest BCUT2D eigenvalue weighted by molar-refractivity contribution is 0.197. The van der Waals surface area contributed by atoms with Gasteiger partial charge in [-0.1, -0.05) is 15.9 Å². The largest absolute Gasteiger partial charge is 0.493 e. The molecule has 2 N–H and O–H groups in total. The number of methoxy groups -OCH3 is 2. The van der Waals surface area contributed by atoms with Crippen molar-refractivity contribution in [3.63, 3.8) is 0 Å². The van der Waals surface area contributed by atoms with Gasteiger partial charge in [0.25, 0.3) is 0 Å². The summed E-state index contributed by atoms with van der Waals surface area (Å²) in [4.78, 5) is 2.44. The molecule has 1 aromatic carbocycles. The first kappa shape index (κ1) is 15.6. The Morgan fingerprint density at radius 2 is 1.85 bits per heavy atom. The maximum absolute atomic E-state index is 6.34. The predicted molar refractivity (Wildman–Crippen MR) is 84.4 cm³/mol. The fourth-order valence-electron chi connectivity index (χ4n) is 2.93. The van der Waals surface area contributed by atoms with E-state index in [1.165, 1.54) is 5.56 Å². The van der Waals surface area contributed by atoms with Crippen molar-refractivity contribution >= 4 is 15.9 Å². The summed E-state index contributed by atoms with van der Waals surface area (Å²) in [5, 5.41) is 0. The van der Waals surface area contributed by atoms with Crippen LogP contribution in [0.4, 0.5) is 0 Å². The molecule has 0 radical (unpaired) electrons. The molecule has 1 aliphatic heterocycles. The van der Waals surface area contributed by atoms with Gasteiger partial charge in [0.15, 0.2) is 11.5 Å². The molecule has 2 atom stereocenters. The van der Waals surface area contributed by atoms with Gasteiger partial charge in [-0.15, -0.1) is 0 Å². The lowest BCUT2D eigenvalue weighted by Gasteiger charge is -2.31. The standard InChI is InChI=1S/C15H23BrN2O2/c1-9(2)18-6-5-12(17)15(18)10-7-13(19-3)14(20-4)8-11(10)16/h7-9,12,15H,5-6,17H2,1-4H3. The van der Waals surface area contributed by atoms with Gasteiger partial charge >= 0.3 is 0 Å². The van der Waals surface area contributed by atoms with E-state index in [1.54, 1.807) is 14.2 Å². The number of hydrogen-bond acceptors (Lipinski definition) is 4. The van der Waals surface area contributed by atoms with Crippen LogP contribution in [0.2, 0.25) is 0 Å². The van der Waals surface area contributed by atoms with Crippen molar-refractivity contribution < 1.29 is 9.47 Å². The number of hydrogen-bond donors (Lipinski definition) is 1. The SMILES string of the molecule is COc1cc(Br)c(C2C(N)CCN2C(C)C)cc1OC. The summed E-state index contributed by atoms with van der Waals surface area (Å²) in [6.07, 6.45) is 1.02. The third-order valence-corrected chi connectivity index (χ3v) is 4.66. The molecule has 1 heterocycles. The molecule has 20 heavy (non-hydrogen) atoms. The van der Waals surface area contributed by atoms with Gasteiger partial charge in [0.05, 0.1) is 20.3 Å². The van der Waals surface area contributed by atoms with Crippen LogP contribution in [0, 0.1) is 0 Å².